The number of nitrogens with one attached hydrogen (secondary N) is 1. The molecule has 0 aromatic rings. The van der Waals surface area contributed by atoms with E-state index >= 15 is 0 Å². The predicted molar refractivity (Wildman–Crippen MR) is 61.7 cm³/mol. The van der Waals surface area contributed by atoms with Crippen LogP contribution < -0.4 is 5.32 Å². The van der Waals surface area contributed by atoms with Gasteiger partial charge in [0, 0.05) is 19.7 Å². The minimum Gasteiger partial charge on any atom is -0.383 e. The molecule has 0 spiro atoms. The lowest BCUT2D eigenvalue weighted by atomic mass is 10.2. The second kappa shape index (κ2) is 8.66. The first kappa shape index (κ1) is 14.4. The summed E-state index contributed by atoms with van der Waals surface area (Å²) >= 11 is 0. The molecule has 0 saturated carbocycles. The fourth-order valence-corrected chi connectivity index (χ4v) is 1.60. The summed E-state index contributed by atoms with van der Waals surface area (Å²) in [5.74, 6) is 0. The first-order valence-electron chi connectivity index (χ1n) is 5.55. The van der Waals surface area contributed by atoms with Crippen LogP contribution in [0.2, 0.25) is 0 Å². The Morgan fingerprint density at radius 2 is 2.13 bits per heavy atom. The van der Waals surface area contributed by atoms with Crippen molar-refractivity contribution in [2.75, 3.05) is 33.4 Å². The van der Waals surface area contributed by atoms with Crippen molar-refractivity contribution in [3.63, 3.8) is 0 Å². The van der Waals surface area contributed by atoms with Gasteiger partial charge < -0.3 is 10.1 Å². The Morgan fingerprint density at radius 3 is 2.53 bits per heavy atom. The number of methoxy groups -OCH3 is 1. The average molecular weight is 213 g/mol. The number of hydrogen-bond acceptors (Lipinski definition) is 4. The van der Waals surface area contributed by atoms with Gasteiger partial charge in [-0.1, -0.05) is 13.8 Å². The molecule has 0 aromatic carbocycles. The summed E-state index contributed by atoms with van der Waals surface area (Å²) in [5.41, 5.74) is 0. The number of ether oxygens (including phenoxy) is 1. The molecule has 0 rings (SSSR count). The Kier molecular flexibility index (Phi) is 8.30. The van der Waals surface area contributed by atoms with Gasteiger partial charge in [-0.3, -0.25) is 4.90 Å². The molecule has 0 aliphatic carbocycles. The Bertz CT molecular complexity index is 191. The van der Waals surface area contributed by atoms with Crippen LogP contribution in [-0.4, -0.2) is 50.3 Å². The van der Waals surface area contributed by atoms with Crippen LogP contribution in [0.15, 0.2) is 0 Å². The van der Waals surface area contributed by atoms with Crippen molar-refractivity contribution in [3.05, 3.63) is 0 Å². The lowest BCUT2D eigenvalue weighted by Crippen LogP contribution is -2.45. The van der Waals surface area contributed by atoms with E-state index in [-0.39, 0.29) is 6.04 Å². The molecule has 2 atom stereocenters. The maximum atomic E-state index is 8.94. The molecule has 0 radical (unpaired) electrons. The fourth-order valence-electron chi connectivity index (χ4n) is 1.60. The summed E-state index contributed by atoms with van der Waals surface area (Å²) in [6.45, 7) is 9.46. The van der Waals surface area contributed by atoms with Gasteiger partial charge in [-0.15, -0.1) is 0 Å². The zero-order valence-electron chi connectivity index (χ0n) is 10.3. The number of hydrogen-bond donors (Lipinski definition) is 1. The maximum Gasteiger partial charge on any atom is 0.108 e. The van der Waals surface area contributed by atoms with Crippen LogP contribution in [0, 0.1) is 11.3 Å². The number of rotatable bonds is 8. The van der Waals surface area contributed by atoms with E-state index in [1.54, 1.807) is 7.11 Å². The highest BCUT2D eigenvalue weighted by atomic mass is 16.5. The molecule has 15 heavy (non-hydrogen) atoms. The van der Waals surface area contributed by atoms with Gasteiger partial charge >= 0.3 is 0 Å². The maximum absolute atomic E-state index is 8.94. The quantitative estimate of drug-likeness (QED) is 0.649. The van der Waals surface area contributed by atoms with E-state index in [2.05, 4.69) is 30.1 Å². The molecule has 0 fully saturated rings. The molecule has 0 aliphatic rings. The van der Waals surface area contributed by atoms with Gasteiger partial charge in [0.2, 0.25) is 0 Å². The van der Waals surface area contributed by atoms with Crippen molar-refractivity contribution in [3.8, 4) is 6.07 Å². The molecule has 0 aromatic heterocycles. The zero-order valence-corrected chi connectivity index (χ0v) is 10.3. The predicted octanol–water partition coefficient (Wildman–Crippen LogP) is 0.845. The molecule has 2 unspecified atom stereocenters. The van der Waals surface area contributed by atoms with Gasteiger partial charge in [0.05, 0.1) is 12.7 Å². The van der Waals surface area contributed by atoms with Crippen LogP contribution in [0.25, 0.3) is 0 Å². The molecule has 0 amide bonds. The highest BCUT2D eigenvalue weighted by molar-refractivity contribution is 4.92. The van der Waals surface area contributed by atoms with Crippen LogP contribution in [-0.2, 0) is 4.74 Å². The zero-order chi connectivity index (χ0) is 11.7. The molecule has 4 heteroatoms. The summed E-state index contributed by atoms with van der Waals surface area (Å²) in [7, 11) is 1.70. The molecule has 0 bridgehead atoms. The van der Waals surface area contributed by atoms with E-state index < -0.39 is 0 Å². The van der Waals surface area contributed by atoms with E-state index in [0.717, 1.165) is 19.6 Å². The van der Waals surface area contributed by atoms with E-state index in [9.17, 15) is 0 Å². The van der Waals surface area contributed by atoms with Crippen LogP contribution in [0.5, 0.6) is 0 Å². The first-order valence-corrected chi connectivity index (χ1v) is 5.55. The van der Waals surface area contributed by atoms with Gasteiger partial charge in [-0.2, -0.15) is 5.26 Å². The Labute approximate surface area is 93.2 Å². The summed E-state index contributed by atoms with van der Waals surface area (Å²) < 4.78 is 5.12. The highest BCUT2D eigenvalue weighted by Gasteiger charge is 2.16. The second-order valence-electron chi connectivity index (χ2n) is 3.63. The standard InChI is InChI=1S/C11H23N3O/c1-5-13-11(7-12)8-14(6-2)10(3)9-15-4/h10-11,13H,5-6,8-9H2,1-4H3. The van der Waals surface area contributed by atoms with Crippen LogP contribution in [0.3, 0.4) is 0 Å². The van der Waals surface area contributed by atoms with E-state index in [1.807, 2.05) is 6.92 Å². The molecule has 0 aliphatic heterocycles. The lowest BCUT2D eigenvalue weighted by molar-refractivity contribution is 0.0995. The van der Waals surface area contributed by atoms with Gasteiger partial charge in [0.1, 0.15) is 6.04 Å². The summed E-state index contributed by atoms with van der Waals surface area (Å²) in [5, 5.41) is 12.1. The number of nitrogens with zero attached hydrogens (tertiary/aromatic N) is 2. The summed E-state index contributed by atoms with van der Waals surface area (Å²) in [6, 6.07) is 2.54. The second-order valence-corrected chi connectivity index (χ2v) is 3.63. The van der Waals surface area contributed by atoms with Crippen LogP contribution in [0.4, 0.5) is 0 Å². The monoisotopic (exact) mass is 213 g/mol. The van der Waals surface area contributed by atoms with Crippen LogP contribution in [0.1, 0.15) is 20.8 Å². The SMILES string of the molecule is CCNC(C#N)CN(CC)C(C)COC. The van der Waals surface area contributed by atoms with E-state index in [4.69, 9.17) is 10.00 Å². The smallest absolute Gasteiger partial charge is 0.108 e. The highest BCUT2D eigenvalue weighted by Crippen LogP contribution is 2.00. The molecule has 88 valence electrons. The van der Waals surface area contributed by atoms with Gasteiger partial charge in [0.15, 0.2) is 0 Å². The Morgan fingerprint density at radius 1 is 1.47 bits per heavy atom. The minimum atomic E-state index is -0.0887. The Hall–Kier alpha value is -0.630. The van der Waals surface area contributed by atoms with Crippen molar-refractivity contribution >= 4 is 0 Å². The van der Waals surface area contributed by atoms with Gasteiger partial charge in [-0.25, -0.2) is 0 Å². The molecular weight excluding hydrogens is 190 g/mol. The van der Waals surface area contributed by atoms with Crippen molar-refractivity contribution < 1.29 is 4.74 Å². The number of likely N-dealkylation sites (N-methyl/N-ethyl adjacent to an activating group) is 2. The van der Waals surface area contributed by atoms with E-state index in [1.165, 1.54) is 0 Å². The first-order chi connectivity index (χ1) is 7.19. The van der Waals surface area contributed by atoms with Crippen molar-refractivity contribution in [1.29, 1.82) is 5.26 Å². The third-order valence-electron chi connectivity index (χ3n) is 2.46. The third kappa shape index (κ3) is 5.73. The molecule has 4 nitrogen and oxygen atoms in total. The van der Waals surface area contributed by atoms with Crippen molar-refractivity contribution in [2.45, 2.75) is 32.9 Å². The summed E-state index contributed by atoms with van der Waals surface area (Å²) in [4.78, 5) is 2.25. The molecular formula is C11H23N3O. The van der Waals surface area contributed by atoms with Gasteiger partial charge in [-0.05, 0) is 20.0 Å². The molecule has 1 N–H and O–H groups in total. The van der Waals surface area contributed by atoms with Crippen molar-refractivity contribution in [1.82, 2.24) is 10.2 Å². The van der Waals surface area contributed by atoms with Crippen molar-refractivity contribution in [2.24, 2.45) is 0 Å². The average Bonchev–Trinajstić information content (AvgIpc) is 2.24. The van der Waals surface area contributed by atoms with Crippen LogP contribution >= 0.6 is 0 Å². The Balaban J connectivity index is 4.11. The molecule has 0 saturated heterocycles. The topological polar surface area (TPSA) is 48.3 Å². The van der Waals surface area contributed by atoms with Gasteiger partial charge in [0.25, 0.3) is 0 Å². The number of nitriles is 1. The molecule has 0 heterocycles. The fraction of sp³-hybridized carbons (Fsp3) is 0.909. The largest absolute Gasteiger partial charge is 0.383 e. The van der Waals surface area contributed by atoms with E-state index in [0.29, 0.717) is 12.6 Å². The minimum absolute atomic E-state index is 0.0887. The lowest BCUT2D eigenvalue weighted by Gasteiger charge is -2.29. The normalized spacial score (nSPS) is 14.9. The third-order valence-corrected chi connectivity index (χ3v) is 2.46. The summed E-state index contributed by atoms with van der Waals surface area (Å²) in [6.07, 6.45) is 0.